The molecule has 2 nitrogen and oxygen atoms in total. The van der Waals surface area contributed by atoms with Gasteiger partial charge < -0.3 is 5.32 Å². The summed E-state index contributed by atoms with van der Waals surface area (Å²) in [4.78, 5) is 2.57. The van der Waals surface area contributed by atoms with Gasteiger partial charge in [0, 0.05) is 23.1 Å². The van der Waals surface area contributed by atoms with Gasteiger partial charge in [0.05, 0.1) is 0 Å². The first-order valence-electron chi connectivity index (χ1n) is 6.83. The van der Waals surface area contributed by atoms with Crippen molar-refractivity contribution in [1.82, 2.24) is 10.2 Å². The number of hydrogen-bond acceptors (Lipinski definition) is 2. The van der Waals surface area contributed by atoms with Crippen LogP contribution >= 0.6 is 15.9 Å². The number of rotatable bonds is 3. The molecule has 1 saturated heterocycles. The Labute approximate surface area is 119 Å². The van der Waals surface area contributed by atoms with E-state index >= 15 is 0 Å². The number of nitrogens with one attached hydrogen (secondary N) is 1. The molecule has 100 valence electrons. The molecule has 0 amide bonds. The van der Waals surface area contributed by atoms with Gasteiger partial charge in [-0.2, -0.15) is 0 Å². The number of halogens is 1. The topological polar surface area (TPSA) is 15.3 Å². The van der Waals surface area contributed by atoms with Gasteiger partial charge in [0.25, 0.3) is 0 Å². The molecule has 1 aliphatic rings. The molecule has 1 N–H and O–H groups in total. The molecular weight excluding hydrogens is 288 g/mol. The Morgan fingerprint density at radius 3 is 3.00 bits per heavy atom. The summed E-state index contributed by atoms with van der Waals surface area (Å²) in [6, 6.07) is 8.64. The molecule has 1 aromatic carbocycles. The highest BCUT2D eigenvalue weighted by atomic mass is 79.9. The fraction of sp³-hybridized carbons (Fsp3) is 0.600. The van der Waals surface area contributed by atoms with Gasteiger partial charge in [-0.05, 0) is 50.6 Å². The molecule has 1 aromatic rings. The van der Waals surface area contributed by atoms with Crippen molar-refractivity contribution in [1.29, 1.82) is 0 Å². The lowest BCUT2D eigenvalue weighted by molar-refractivity contribution is 0.208. The van der Waals surface area contributed by atoms with Crippen LogP contribution in [-0.4, -0.2) is 30.1 Å². The summed E-state index contributed by atoms with van der Waals surface area (Å²) >= 11 is 3.55. The molecular formula is C15H23BrN2. The largest absolute Gasteiger partial charge is 0.310 e. The molecule has 0 radical (unpaired) electrons. The highest BCUT2D eigenvalue weighted by Crippen LogP contribution is 2.18. The maximum absolute atomic E-state index is 3.68. The average Bonchev–Trinajstić information content (AvgIpc) is 2.52. The molecule has 1 aliphatic heterocycles. The molecule has 2 rings (SSSR count). The minimum absolute atomic E-state index is 0.266. The lowest BCUT2D eigenvalue weighted by atomic mass is 9.98. The summed E-state index contributed by atoms with van der Waals surface area (Å²) in [5.74, 6) is 0. The highest BCUT2D eigenvalue weighted by molar-refractivity contribution is 9.10. The van der Waals surface area contributed by atoms with Crippen LogP contribution < -0.4 is 5.32 Å². The smallest absolute Gasteiger partial charge is 0.0277 e. The average molecular weight is 311 g/mol. The van der Waals surface area contributed by atoms with Crippen LogP contribution in [-0.2, 0) is 6.54 Å². The van der Waals surface area contributed by atoms with Crippen molar-refractivity contribution in [2.75, 3.05) is 19.6 Å². The molecule has 1 fully saturated rings. The predicted octanol–water partition coefficient (Wildman–Crippen LogP) is 3.41. The molecule has 0 saturated carbocycles. The van der Waals surface area contributed by atoms with E-state index in [2.05, 4.69) is 64.3 Å². The molecule has 1 atom stereocenters. The standard InChI is InChI=1S/C15H23BrN2/c1-3-15(2)12-18(9-5-8-17-15)11-13-6-4-7-14(16)10-13/h4,6-7,10,17H,3,5,8-9,11-12H2,1-2H3. The predicted molar refractivity (Wildman–Crippen MR) is 80.7 cm³/mol. The van der Waals surface area contributed by atoms with E-state index < -0.39 is 0 Å². The Hall–Kier alpha value is -0.380. The van der Waals surface area contributed by atoms with Gasteiger partial charge in [0.1, 0.15) is 0 Å². The molecule has 0 aromatic heterocycles. The minimum Gasteiger partial charge on any atom is -0.310 e. The SMILES string of the molecule is CCC1(C)CN(Cc2cccc(Br)c2)CCCN1. The maximum atomic E-state index is 3.68. The Kier molecular flexibility index (Phi) is 4.82. The lowest BCUT2D eigenvalue weighted by Crippen LogP contribution is -2.48. The Bertz CT molecular complexity index is 394. The van der Waals surface area contributed by atoms with E-state index in [0.717, 1.165) is 19.6 Å². The molecule has 1 unspecified atom stereocenters. The van der Waals surface area contributed by atoms with Crippen molar-refractivity contribution < 1.29 is 0 Å². The zero-order valence-electron chi connectivity index (χ0n) is 11.4. The zero-order valence-corrected chi connectivity index (χ0v) is 13.0. The van der Waals surface area contributed by atoms with Crippen molar-refractivity contribution in [2.45, 2.75) is 38.8 Å². The summed E-state index contributed by atoms with van der Waals surface area (Å²) in [6.45, 7) is 9.13. The van der Waals surface area contributed by atoms with Gasteiger partial charge in [0.2, 0.25) is 0 Å². The van der Waals surface area contributed by atoms with Crippen LogP contribution in [0.1, 0.15) is 32.3 Å². The van der Waals surface area contributed by atoms with E-state index in [0.29, 0.717) is 0 Å². The van der Waals surface area contributed by atoms with Crippen molar-refractivity contribution >= 4 is 15.9 Å². The third-order valence-corrected chi connectivity index (χ3v) is 4.34. The van der Waals surface area contributed by atoms with Crippen molar-refractivity contribution in [3.05, 3.63) is 34.3 Å². The highest BCUT2D eigenvalue weighted by Gasteiger charge is 2.26. The first kappa shape index (κ1) is 14.0. The minimum atomic E-state index is 0.266. The first-order chi connectivity index (χ1) is 8.61. The van der Waals surface area contributed by atoms with Crippen molar-refractivity contribution in [2.24, 2.45) is 0 Å². The van der Waals surface area contributed by atoms with Gasteiger partial charge in [-0.1, -0.05) is 35.0 Å². The van der Waals surface area contributed by atoms with Crippen LogP contribution in [0.15, 0.2) is 28.7 Å². The second-order valence-corrected chi connectivity index (χ2v) is 6.45. The van der Waals surface area contributed by atoms with Gasteiger partial charge in [0.15, 0.2) is 0 Å². The third-order valence-electron chi connectivity index (χ3n) is 3.85. The fourth-order valence-electron chi connectivity index (χ4n) is 2.59. The van der Waals surface area contributed by atoms with Crippen LogP contribution in [0.3, 0.4) is 0 Å². The first-order valence-corrected chi connectivity index (χ1v) is 7.62. The van der Waals surface area contributed by atoms with E-state index in [1.807, 2.05) is 0 Å². The summed E-state index contributed by atoms with van der Waals surface area (Å²) in [7, 11) is 0. The van der Waals surface area contributed by atoms with Crippen molar-refractivity contribution in [3.63, 3.8) is 0 Å². The van der Waals surface area contributed by atoms with Crippen LogP contribution in [0.5, 0.6) is 0 Å². The number of hydrogen-bond donors (Lipinski definition) is 1. The Morgan fingerprint density at radius 1 is 1.44 bits per heavy atom. The van der Waals surface area contributed by atoms with Crippen LogP contribution in [0.2, 0.25) is 0 Å². The number of benzene rings is 1. The van der Waals surface area contributed by atoms with Crippen molar-refractivity contribution in [3.8, 4) is 0 Å². The molecule has 18 heavy (non-hydrogen) atoms. The van der Waals surface area contributed by atoms with Gasteiger partial charge >= 0.3 is 0 Å². The molecule has 0 aliphatic carbocycles. The van der Waals surface area contributed by atoms with E-state index in [9.17, 15) is 0 Å². The van der Waals surface area contributed by atoms with E-state index in [1.165, 1.54) is 29.4 Å². The molecule has 0 bridgehead atoms. The second-order valence-electron chi connectivity index (χ2n) is 5.54. The Balaban J connectivity index is 2.03. The van der Waals surface area contributed by atoms with E-state index in [4.69, 9.17) is 0 Å². The Morgan fingerprint density at radius 2 is 2.28 bits per heavy atom. The quantitative estimate of drug-likeness (QED) is 0.920. The maximum Gasteiger partial charge on any atom is 0.0277 e. The normalized spacial score (nSPS) is 25.9. The van der Waals surface area contributed by atoms with Crippen LogP contribution in [0.25, 0.3) is 0 Å². The van der Waals surface area contributed by atoms with E-state index in [-0.39, 0.29) is 5.54 Å². The monoisotopic (exact) mass is 310 g/mol. The number of nitrogens with zero attached hydrogens (tertiary/aromatic N) is 1. The van der Waals surface area contributed by atoms with Gasteiger partial charge in [-0.3, -0.25) is 4.90 Å². The molecule has 1 heterocycles. The zero-order chi connectivity index (χ0) is 13.0. The lowest BCUT2D eigenvalue weighted by Gasteiger charge is -2.32. The molecule has 3 heteroatoms. The fourth-order valence-corrected chi connectivity index (χ4v) is 3.03. The third kappa shape index (κ3) is 3.81. The summed E-state index contributed by atoms with van der Waals surface area (Å²) in [5.41, 5.74) is 1.66. The van der Waals surface area contributed by atoms with E-state index in [1.54, 1.807) is 0 Å². The van der Waals surface area contributed by atoms with Gasteiger partial charge in [-0.15, -0.1) is 0 Å². The summed E-state index contributed by atoms with van der Waals surface area (Å²) in [5, 5.41) is 3.68. The summed E-state index contributed by atoms with van der Waals surface area (Å²) in [6.07, 6.45) is 2.42. The van der Waals surface area contributed by atoms with Crippen LogP contribution in [0, 0.1) is 0 Å². The second kappa shape index (κ2) is 6.18. The summed E-state index contributed by atoms with van der Waals surface area (Å²) < 4.78 is 1.17. The van der Waals surface area contributed by atoms with Gasteiger partial charge in [-0.25, -0.2) is 0 Å². The van der Waals surface area contributed by atoms with Crippen LogP contribution in [0.4, 0.5) is 0 Å². The molecule has 0 spiro atoms.